The van der Waals surface area contributed by atoms with E-state index in [1.54, 1.807) is 11.3 Å². The second kappa shape index (κ2) is 7.25. The molecule has 5 nitrogen and oxygen atoms in total. The van der Waals surface area contributed by atoms with Gasteiger partial charge in [0.15, 0.2) is 5.13 Å². The van der Waals surface area contributed by atoms with Gasteiger partial charge in [0, 0.05) is 24.3 Å². The van der Waals surface area contributed by atoms with E-state index >= 15 is 0 Å². The maximum Gasteiger partial charge on any atom is 0.257 e. The topological polar surface area (TPSA) is 58.1 Å². The van der Waals surface area contributed by atoms with Crippen LogP contribution in [0.4, 0.5) is 10.8 Å². The van der Waals surface area contributed by atoms with Gasteiger partial charge < -0.3 is 4.90 Å². The fraction of sp³-hybridized carbons (Fsp3) is 0.250. The van der Waals surface area contributed by atoms with Crippen LogP contribution in [-0.2, 0) is 0 Å². The first-order valence-electron chi connectivity index (χ1n) is 8.92. The van der Waals surface area contributed by atoms with E-state index in [4.69, 9.17) is 0 Å². The van der Waals surface area contributed by atoms with Gasteiger partial charge in [0.25, 0.3) is 5.91 Å². The molecule has 1 amide bonds. The lowest BCUT2D eigenvalue weighted by molar-refractivity contribution is 0.102. The summed E-state index contributed by atoms with van der Waals surface area (Å²) in [5, 5.41) is 4.56. The number of carbonyl (C=O) groups is 1. The normalized spacial score (nSPS) is 11.2. The number of hydrogen-bond donors (Lipinski definition) is 1. The summed E-state index contributed by atoms with van der Waals surface area (Å²) in [7, 11) is 0. The fourth-order valence-electron chi connectivity index (χ4n) is 3.12. The molecular weight excluding hydrogens is 376 g/mol. The van der Waals surface area contributed by atoms with Gasteiger partial charge in [-0.25, -0.2) is 9.97 Å². The standard InChI is InChI=1S/C20H20N4OS2/c1-4-24(5-2)14-8-6-13(7-9-14)19(25)23-20-22-15-10-11-16-17(18(15)27-20)21-12(3)26-16/h6-11H,4-5H2,1-3H3,(H,22,23,25). The van der Waals surface area contributed by atoms with E-state index < -0.39 is 0 Å². The summed E-state index contributed by atoms with van der Waals surface area (Å²) < 4.78 is 2.16. The Morgan fingerprint density at radius 3 is 2.48 bits per heavy atom. The van der Waals surface area contributed by atoms with Crippen molar-refractivity contribution in [2.45, 2.75) is 20.8 Å². The third kappa shape index (κ3) is 3.40. The molecule has 0 spiro atoms. The minimum atomic E-state index is -0.147. The number of fused-ring (bicyclic) bond motifs is 3. The Balaban J connectivity index is 1.58. The van der Waals surface area contributed by atoms with Gasteiger partial charge in [-0.05, 0) is 57.2 Å². The Kier molecular flexibility index (Phi) is 4.80. The van der Waals surface area contributed by atoms with Gasteiger partial charge >= 0.3 is 0 Å². The van der Waals surface area contributed by atoms with Crippen LogP contribution < -0.4 is 10.2 Å². The first kappa shape index (κ1) is 17.9. The van der Waals surface area contributed by atoms with Gasteiger partial charge in [-0.3, -0.25) is 10.1 Å². The Hall–Kier alpha value is -2.51. The average Bonchev–Trinajstić information content (AvgIpc) is 3.25. The van der Waals surface area contributed by atoms with Gasteiger partial charge in [-0.1, -0.05) is 11.3 Å². The van der Waals surface area contributed by atoms with Crippen LogP contribution >= 0.6 is 22.7 Å². The van der Waals surface area contributed by atoms with Crippen LogP contribution in [0, 0.1) is 6.92 Å². The largest absolute Gasteiger partial charge is 0.372 e. The number of anilines is 2. The lowest BCUT2D eigenvalue weighted by Gasteiger charge is -2.20. The van der Waals surface area contributed by atoms with E-state index in [1.165, 1.54) is 11.3 Å². The molecule has 2 heterocycles. The number of hydrogen-bond acceptors (Lipinski definition) is 6. The molecular formula is C20H20N4OS2. The molecule has 0 aliphatic carbocycles. The van der Waals surface area contributed by atoms with Crippen molar-refractivity contribution in [1.29, 1.82) is 0 Å². The molecule has 2 aromatic heterocycles. The molecule has 0 saturated heterocycles. The number of rotatable bonds is 5. The Labute approximate surface area is 165 Å². The summed E-state index contributed by atoms with van der Waals surface area (Å²) in [6, 6.07) is 11.7. The summed E-state index contributed by atoms with van der Waals surface area (Å²) in [6.07, 6.45) is 0. The highest BCUT2D eigenvalue weighted by Crippen LogP contribution is 2.34. The van der Waals surface area contributed by atoms with E-state index in [0.717, 1.165) is 44.2 Å². The molecule has 0 atom stereocenters. The fourth-order valence-corrected chi connectivity index (χ4v) is 4.97. The maximum absolute atomic E-state index is 12.6. The summed E-state index contributed by atoms with van der Waals surface area (Å²) in [5.74, 6) is -0.147. The third-order valence-electron chi connectivity index (χ3n) is 4.50. The molecule has 27 heavy (non-hydrogen) atoms. The third-order valence-corrected chi connectivity index (χ3v) is 6.43. The zero-order valence-electron chi connectivity index (χ0n) is 15.4. The van der Waals surface area contributed by atoms with Gasteiger partial charge in [0.1, 0.15) is 5.52 Å². The number of benzene rings is 2. The average molecular weight is 397 g/mol. The first-order chi connectivity index (χ1) is 13.1. The Morgan fingerprint density at radius 2 is 1.78 bits per heavy atom. The molecule has 7 heteroatoms. The molecule has 0 radical (unpaired) electrons. The molecule has 2 aromatic carbocycles. The van der Waals surface area contributed by atoms with Crippen LogP contribution in [0.25, 0.3) is 20.4 Å². The van der Waals surface area contributed by atoms with Gasteiger partial charge in [0.2, 0.25) is 0 Å². The van der Waals surface area contributed by atoms with E-state index in [2.05, 4.69) is 34.0 Å². The second-order valence-electron chi connectivity index (χ2n) is 6.19. The summed E-state index contributed by atoms with van der Waals surface area (Å²) >= 11 is 3.14. The molecule has 4 rings (SSSR count). The van der Waals surface area contributed by atoms with Crippen molar-refractivity contribution < 1.29 is 4.79 Å². The van der Waals surface area contributed by atoms with Crippen LogP contribution in [0.1, 0.15) is 29.2 Å². The molecule has 0 bridgehead atoms. The van der Waals surface area contributed by atoms with Gasteiger partial charge in [0.05, 0.1) is 19.9 Å². The number of nitrogens with zero attached hydrogens (tertiary/aromatic N) is 3. The number of nitrogens with one attached hydrogen (secondary N) is 1. The van der Waals surface area contributed by atoms with Crippen LogP contribution in [0.15, 0.2) is 36.4 Å². The predicted molar refractivity (Wildman–Crippen MR) is 115 cm³/mol. The minimum absolute atomic E-state index is 0.147. The quantitative estimate of drug-likeness (QED) is 0.496. The van der Waals surface area contributed by atoms with E-state index in [-0.39, 0.29) is 5.91 Å². The monoisotopic (exact) mass is 396 g/mol. The lowest BCUT2D eigenvalue weighted by atomic mass is 10.2. The number of aromatic nitrogens is 2. The summed E-state index contributed by atoms with van der Waals surface area (Å²) in [6.45, 7) is 8.13. The van der Waals surface area contributed by atoms with Gasteiger partial charge in [-0.2, -0.15) is 0 Å². The molecule has 4 aromatic rings. The van der Waals surface area contributed by atoms with E-state index in [0.29, 0.717) is 10.7 Å². The van der Waals surface area contributed by atoms with Crippen LogP contribution in [-0.4, -0.2) is 29.0 Å². The Bertz CT molecular complexity index is 1110. The highest BCUT2D eigenvalue weighted by atomic mass is 32.1. The number of amides is 1. The van der Waals surface area contributed by atoms with E-state index in [1.807, 2.05) is 43.3 Å². The highest BCUT2D eigenvalue weighted by Gasteiger charge is 2.14. The lowest BCUT2D eigenvalue weighted by Crippen LogP contribution is -2.21. The van der Waals surface area contributed by atoms with Crippen molar-refractivity contribution in [3.63, 3.8) is 0 Å². The highest BCUT2D eigenvalue weighted by molar-refractivity contribution is 7.24. The molecule has 0 aliphatic rings. The molecule has 0 aliphatic heterocycles. The zero-order chi connectivity index (χ0) is 19.0. The minimum Gasteiger partial charge on any atom is -0.372 e. The second-order valence-corrected chi connectivity index (χ2v) is 8.42. The Morgan fingerprint density at radius 1 is 1.04 bits per heavy atom. The summed E-state index contributed by atoms with van der Waals surface area (Å²) in [5.41, 5.74) is 3.58. The van der Waals surface area contributed by atoms with Crippen LogP contribution in [0.5, 0.6) is 0 Å². The van der Waals surface area contributed by atoms with Crippen molar-refractivity contribution in [1.82, 2.24) is 9.97 Å². The van der Waals surface area contributed by atoms with Crippen molar-refractivity contribution in [3.8, 4) is 0 Å². The number of thiazole rings is 2. The van der Waals surface area contributed by atoms with Crippen molar-refractivity contribution in [2.24, 2.45) is 0 Å². The maximum atomic E-state index is 12.6. The van der Waals surface area contributed by atoms with Crippen molar-refractivity contribution >= 4 is 59.8 Å². The van der Waals surface area contributed by atoms with Crippen LogP contribution in [0.2, 0.25) is 0 Å². The number of aryl methyl sites for hydroxylation is 1. The van der Waals surface area contributed by atoms with Crippen molar-refractivity contribution in [2.75, 3.05) is 23.3 Å². The molecule has 138 valence electrons. The van der Waals surface area contributed by atoms with Gasteiger partial charge in [-0.15, -0.1) is 11.3 Å². The van der Waals surface area contributed by atoms with Crippen molar-refractivity contribution in [3.05, 3.63) is 47.0 Å². The first-order valence-corrected chi connectivity index (χ1v) is 10.6. The van der Waals surface area contributed by atoms with Crippen LogP contribution in [0.3, 0.4) is 0 Å². The summed E-state index contributed by atoms with van der Waals surface area (Å²) in [4.78, 5) is 24.0. The smallest absolute Gasteiger partial charge is 0.257 e. The SMILES string of the molecule is CCN(CC)c1ccc(C(=O)Nc2nc3ccc4sc(C)nc4c3s2)cc1. The molecule has 0 saturated carbocycles. The number of carbonyl (C=O) groups excluding carboxylic acids is 1. The molecule has 1 N–H and O–H groups in total. The molecule has 0 fully saturated rings. The molecule has 0 unspecified atom stereocenters. The van der Waals surface area contributed by atoms with E-state index in [9.17, 15) is 4.79 Å². The predicted octanol–water partition coefficient (Wildman–Crippen LogP) is 5.31. The zero-order valence-corrected chi connectivity index (χ0v) is 17.1.